The first kappa shape index (κ1) is 39.2. The molecule has 310 valence electrons. The molecule has 0 spiro atoms. The van der Waals surface area contributed by atoms with Crippen LogP contribution in [0.15, 0.2) is 60.2 Å². The number of benzene rings is 1. The third-order valence-corrected chi connectivity index (χ3v) is 13.2. The summed E-state index contributed by atoms with van der Waals surface area (Å²) in [6.07, 6.45) is 8.66. The Morgan fingerprint density at radius 2 is 1.85 bits per heavy atom. The molecule has 3 aromatic heterocycles. The second-order valence-corrected chi connectivity index (χ2v) is 17.8. The molecular weight excluding hydrogens is 747 g/mol. The number of aliphatic hydroxyl groups is 1. The minimum absolute atomic E-state index is 0.0757. The van der Waals surface area contributed by atoms with Crippen LogP contribution in [0.4, 0.5) is 23.0 Å². The predicted molar refractivity (Wildman–Crippen MR) is 227 cm³/mol. The van der Waals surface area contributed by atoms with E-state index in [1.54, 1.807) is 35.3 Å². The standard InChI is InChI=1S/C45H55N9O5/c1-6-40(56)51-24-30(25-51)34-20-31(7-8-37(34)52-14-13-50(23-28(52)2)32-10-17-59-18-11-32)47-41-44(58)49(5)26-36(48-41)33-9-12-46-42(35(33)27-55)54-16-15-53-38(43(54)57)19-29-21-45(3,4)22-39(29)53/h6-9,12,19-20,26,28,30,32,55H,1,10-11,13-18,21-25,27H2,2-5H3,(H,47,48)/t28-/m0/s1. The highest BCUT2D eigenvalue weighted by Crippen LogP contribution is 2.41. The molecule has 1 atom stereocenters. The lowest BCUT2D eigenvalue weighted by molar-refractivity contribution is -0.130. The summed E-state index contributed by atoms with van der Waals surface area (Å²) in [5, 5.41) is 14.2. The molecule has 59 heavy (non-hydrogen) atoms. The summed E-state index contributed by atoms with van der Waals surface area (Å²) in [6.45, 7) is 16.8. The Bertz CT molecular complexity index is 2370. The van der Waals surface area contributed by atoms with E-state index in [2.05, 4.69) is 64.2 Å². The zero-order chi connectivity index (χ0) is 41.2. The number of aliphatic hydroxyl groups excluding tert-OH is 1. The average molecular weight is 802 g/mol. The summed E-state index contributed by atoms with van der Waals surface area (Å²) in [4.78, 5) is 58.2. The number of ether oxygens (including phenoxy) is 1. The van der Waals surface area contributed by atoms with Crippen molar-refractivity contribution in [3.05, 3.63) is 93.8 Å². The highest BCUT2D eigenvalue weighted by Gasteiger charge is 2.39. The molecule has 1 aliphatic carbocycles. The van der Waals surface area contributed by atoms with E-state index in [-0.39, 0.29) is 47.2 Å². The summed E-state index contributed by atoms with van der Waals surface area (Å²) < 4.78 is 9.27. The number of aryl methyl sites for hydroxylation is 1. The van der Waals surface area contributed by atoms with Gasteiger partial charge in [0.25, 0.3) is 11.5 Å². The fraction of sp³-hybridized carbons (Fsp3) is 0.489. The minimum atomic E-state index is -0.374. The minimum Gasteiger partial charge on any atom is -0.392 e. The molecule has 3 saturated heterocycles. The van der Waals surface area contributed by atoms with Crippen LogP contribution in [0.25, 0.3) is 11.3 Å². The average Bonchev–Trinajstić information content (AvgIpc) is 3.71. The van der Waals surface area contributed by atoms with Gasteiger partial charge in [0.05, 0.1) is 12.3 Å². The van der Waals surface area contributed by atoms with Crippen LogP contribution in [-0.2, 0) is 42.6 Å². The van der Waals surface area contributed by atoms with Gasteiger partial charge in [-0.1, -0.05) is 20.4 Å². The van der Waals surface area contributed by atoms with E-state index in [4.69, 9.17) is 9.72 Å². The van der Waals surface area contributed by atoms with Crippen molar-refractivity contribution in [3.8, 4) is 11.3 Å². The van der Waals surface area contributed by atoms with E-state index in [0.717, 1.165) is 69.8 Å². The van der Waals surface area contributed by atoms with E-state index in [1.165, 1.54) is 21.9 Å². The maximum atomic E-state index is 14.0. The molecule has 0 bridgehead atoms. The number of likely N-dealkylation sites (tertiary alicyclic amines) is 1. The zero-order valence-electron chi connectivity index (χ0n) is 34.6. The molecule has 2 N–H and O–H groups in total. The first-order valence-corrected chi connectivity index (χ1v) is 21.0. The quantitative estimate of drug-likeness (QED) is 0.233. The van der Waals surface area contributed by atoms with Crippen LogP contribution in [0.2, 0.25) is 0 Å². The fourth-order valence-corrected chi connectivity index (χ4v) is 10.1. The van der Waals surface area contributed by atoms with Crippen LogP contribution in [0.1, 0.15) is 72.4 Å². The van der Waals surface area contributed by atoms with Gasteiger partial charge in [-0.15, -0.1) is 0 Å². The van der Waals surface area contributed by atoms with Gasteiger partial charge >= 0.3 is 0 Å². The van der Waals surface area contributed by atoms with Crippen LogP contribution in [-0.4, -0.2) is 110 Å². The van der Waals surface area contributed by atoms with Gasteiger partial charge in [-0.05, 0) is 85.6 Å². The van der Waals surface area contributed by atoms with Crippen LogP contribution in [0, 0.1) is 5.41 Å². The van der Waals surface area contributed by atoms with Gasteiger partial charge in [0.2, 0.25) is 5.91 Å². The third kappa shape index (κ3) is 7.14. The SMILES string of the molecule is C=CC(=O)N1CC(c2cc(Nc3nc(-c4ccnc(N5CCn6c(cc7c6CC(C)(C)C7)C5=O)c4CO)cn(C)c3=O)ccc2N2CCN(C3CCOCC3)C[C@@H]2C)C1. The lowest BCUT2D eigenvalue weighted by atomic mass is 9.88. The summed E-state index contributed by atoms with van der Waals surface area (Å²) in [6, 6.07) is 10.9. The topological polar surface area (TPSA) is 141 Å². The molecule has 14 nitrogen and oxygen atoms in total. The van der Waals surface area contributed by atoms with Gasteiger partial charge in [0.1, 0.15) is 11.5 Å². The van der Waals surface area contributed by atoms with Gasteiger partial charge in [0.15, 0.2) is 5.82 Å². The Morgan fingerprint density at radius 3 is 2.59 bits per heavy atom. The molecule has 5 aliphatic rings. The lowest BCUT2D eigenvalue weighted by Crippen LogP contribution is -2.56. The molecule has 7 heterocycles. The number of pyridine rings is 1. The Morgan fingerprint density at radius 1 is 1.05 bits per heavy atom. The van der Waals surface area contributed by atoms with Gasteiger partial charge < -0.3 is 34.1 Å². The molecule has 1 aromatic carbocycles. The van der Waals surface area contributed by atoms with E-state index in [0.29, 0.717) is 66.2 Å². The molecule has 2 amide bonds. The number of anilines is 4. The molecule has 14 heteroatoms. The largest absolute Gasteiger partial charge is 0.392 e. The molecule has 4 aliphatic heterocycles. The van der Waals surface area contributed by atoms with E-state index >= 15 is 0 Å². The highest BCUT2D eigenvalue weighted by molar-refractivity contribution is 6.06. The van der Waals surface area contributed by atoms with E-state index in [1.807, 2.05) is 12.1 Å². The fourth-order valence-electron chi connectivity index (χ4n) is 10.1. The van der Waals surface area contributed by atoms with Crippen molar-refractivity contribution in [3.63, 3.8) is 0 Å². The third-order valence-electron chi connectivity index (χ3n) is 13.2. The number of aromatic nitrogens is 4. The molecule has 3 fully saturated rings. The second kappa shape index (κ2) is 15.4. The van der Waals surface area contributed by atoms with Crippen LogP contribution in [0.5, 0.6) is 0 Å². The maximum absolute atomic E-state index is 14.0. The van der Waals surface area contributed by atoms with Crippen molar-refractivity contribution in [1.29, 1.82) is 0 Å². The normalized spacial score (nSPS) is 21.0. The van der Waals surface area contributed by atoms with E-state index in [9.17, 15) is 19.5 Å². The van der Waals surface area contributed by atoms with Gasteiger partial charge in [-0.3, -0.25) is 24.2 Å². The molecule has 9 rings (SSSR count). The Balaban J connectivity index is 1.00. The van der Waals surface area contributed by atoms with Crippen LogP contribution >= 0.6 is 0 Å². The smallest absolute Gasteiger partial charge is 0.293 e. The number of rotatable bonds is 9. The molecular formula is C45H55N9O5. The molecule has 4 aromatic rings. The number of carbonyl (C=O) groups is 2. The maximum Gasteiger partial charge on any atom is 0.293 e. The number of amides is 2. The molecule has 0 radical (unpaired) electrons. The predicted octanol–water partition coefficient (Wildman–Crippen LogP) is 4.47. The summed E-state index contributed by atoms with van der Waals surface area (Å²) >= 11 is 0. The number of hydrogen-bond donors (Lipinski definition) is 2. The van der Waals surface area contributed by atoms with Crippen molar-refractivity contribution in [2.75, 3.05) is 67.6 Å². The lowest BCUT2D eigenvalue weighted by Gasteiger charge is -2.47. The van der Waals surface area contributed by atoms with Crippen molar-refractivity contribution in [1.82, 2.24) is 28.9 Å². The van der Waals surface area contributed by atoms with Crippen LogP contribution < -0.4 is 20.7 Å². The second-order valence-electron chi connectivity index (χ2n) is 17.8. The van der Waals surface area contributed by atoms with Crippen molar-refractivity contribution in [2.45, 2.75) is 77.6 Å². The number of hydrogen-bond acceptors (Lipinski definition) is 10. The van der Waals surface area contributed by atoms with E-state index < -0.39 is 0 Å². The van der Waals surface area contributed by atoms with Crippen LogP contribution in [0.3, 0.4) is 0 Å². The van der Waals surface area contributed by atoms with Crippen molar-refractivity contribution < 1.29 is 19.4 Å². The number of nitrogens with one attached hydrogen (secondary N) is 1. The summed E-state index contributed by atoms with van der Waals surface area (Å²) in [5.41, 5.74) is 7.48. The van der Waals surface area contributed by atoms with Gasteiger partial charge in [-0.25, -0.2) is 9.97 Å². The Labute approximate surface area is 345 Å². The first-order valence-electron chi connectivity index (χ1n) is 21.0. The molecule has 0 saturated carbocycles. The van der Waals surface area contributed by atoms with Gasteiger partial charge in [0, 0.05) is 125 Å². The van der Waals surface area contributed by atoms with Crippen molar-refractivity contribution in [2.24, 2.45) is 12.5 Å². The summed E-state index contributed by atoms with van der Waals surface area (Å²) in [5.74, 6) is 0.422. The Hall–Kier alpha value is -5.31. The molecule has 0 unspecified atom stereocenters. The van der Waals surface area contributed by atoms with Crippen molar-refractivity contribution >= 4 is 34.8 Å². The Kier molecular flexibility index (Phi) is 10.2. The number of nitrogens with zero attached hydrogens (tertiary/aromatic N) is 8. The number of fused-ring (bicyclic) bond motifs is 3. The summed E-state index contributed by atoms with van der Waals surface area (Å²) in [7, 11) is 1.68. The zero-order valence-corrected chi connectivity index (χ0v) is 34.6. The first-order chi connectivity index (χ1) is 28.4. The number of carbonyl (C=O) groups excluding carboxylic acids is 2. The highest BCUT2D eigenvalue weighted by atomic mass is 16.5. The monoisotopic (exact) mass is 801 g/mol. The number of piperazine rings is 1. The van der Waals surface area contributed by atoms with Gasteiger partial charge in [-0.2, -0.15) is 0 Å².